The molecule has 2 heterocycles. The highest BCUT2D eigenvalue weighted by atomic mass is 35.5. The van der Waals surface area contributed by atoms with Crippen molar-refractivity contribution in [1.82, 2.24) is 10.3 Å². The molecule has 114 valence electrons. The number of nitrogens with one attached hydrogen (secondary N) is 2. The number of carbonyl (C=O) groups is 1. The van der Waals surface area contributed by atoms with Gasteiger partial charge in [0, 0.05) is 41.0 Å². The van der Waals surface area contributed by atoms with E-state index in [0.29, 0.717) is 23.4 Å². The molecule has 3 N–H and O–H groups in total. The number of aliphatic hydroxyl groups excluding tert-OH is 1. The lowest BCUT2D eigenvalue weighted by Gasteiger charge is -2.28. The normalized spacial score (nSPS) is 22.2. The fourth-order valence-corrected chi connectivity index (χ4v) is 3.79. The maximum atomic E-state index is 12.3. The van der Waals surface area contributed by atoms with Crippen LogP contribution in [0.4, 0.5) is 0 Å². The third-order valence-electron chi connectivity index (χ3n) is 4.63. The van der Waals surface area contributed by atoms with Crippen molar-refractivity contribution in [1.29, 1.82) is 0 Å². The van der Waals surface area contributed by atoms with Crippen molar-refractivity contribution in [2.45, 2.75) is 31.7 Å². The zero-order chi connectivity index (χ0) is 15.3. The second kappa shape index (κ2) is 5.14. The van der Waals surface area contributed by atoms with Gasteiger partial charge in [-0.15, -0.1) is 0 Å². The SMILES string of the molecule is O=C1CCCC(O)=C1C1NCCc2c1[nH]c1ccc(Cl)cc21. The number of aromatic nitrogens is 1. The number of halogens is 1. The molecule has 1 aliphatic heterocycles. The van der Waals surface area contributed by atoms with Gasteiger partial charge in [-0.3, -0.25) is 4.79 Å². The van der Waals surface area contributed by atoms with Crippen LogP contribution in [0.2, 0.25) is 5.02 Å². The molecule has 0 saturated carbocycles. The number of hydrogen-bond donors (Lipinski definition) is 3. The monoisotopic (exact) mass is 316 g/mol. The van der Waals surface area contributed by atoms with E-state index in [4.69, 9.17) is 11.6 Å². The molecule has 1 unspecified atom stereocenters. The maximum Gasteiger partial charge on any atom is 0.164 e. The Hall–Kier alpha value is -1.78. The summed E-state index contributed by atoms with van der Waals surface area (Å²) in [5.41, 5.74) is 3.73. The van der Waals surface area contributed by atoms with Crippen LogP contribution in [0.25, 0.3) is 10.9 Å². The van der Waals surface area contributed by atoms with Gasteiger partial charge in [0.15, 0.2) is 5.78 Å². The van der Waals surface area contributed by atoms with Crippen molar-refractivity contribution in [2.24, 2.45) is 0 Å². The highest BCUT2D eigenvalue weighted by molar-refractivity contribution is 6.31. The molecule has 0 spiro atoms. The molecule has 22 heavy (non-hydrogen) atoms. The molecular formula is C17H17ClN2O2. The average molecular weight is 317 g/mol. The van der Waals surface area contributed by atoms with E-state index in [1.54, 1.807) is 0 Å². The van der Waals surface area contributed by atoms with Crippen LogP contribution in [0.15, 0.2) is 29.5 Å². The van der Waals surface area contributed by atoms with Gasteiger partial charge in [-0.05, 0) is 36.6 Å². The van der Waals surface area contributed by atoms with E-state index in [9.17, 15) is 9.90 Å². The second-order valence-corrected chi connectivity index (χ2v) is 6.42. The predicted octanol–water partition coefficient (Wildman–Crippen LogP) is 3.57. The third-order valence-corrected chi connectivity index (χ3v) is 4.87. The number of hydrogen-bond acceptors (Lipinski definition) is 3. The van der Waals surface area contributed by atoms with Crippen LogP contribution in [0.1, 0.15) is 36.6 Å². The molecular weight excluding hydrogens is 300 g/mol. The van der Waals surface area contributed by atoms with E-state index >= 15 is 0 Å². The van der Waals surface area contributed by atoms with Crippen LogP contribution in [-0.2, 0) is 11.2 Å². The zero-order valence-corrected chi connectivity index (χ0v) is 12.8. The summed E-state index contributed by atoms with van der Waals surface area (Å²) in [4.78, 5) is 15.7. The van der Waals surface area contributed by atoms with Gasteiger partial charge in [0.05, 0.1) is 11.6 Å². The van der Waals surface area contributed by atoms with Crippen molar-refractivity contribution in [3.63, 3.8) is 0 Å². The molecule has 5 heteroatoms. The topological polar surface area (TPSA) is 65.1 Å². The summed E-state index contributed by atoms with van der Waals surface area (Å²) in [6.45, 7) is 0.779. The lowest BCUT2D eigenvalue weighted by atomic mass is 9.86. The highest BCUT2D eigenvalue weighted by Crippen LogP contribution is 2.37. The number of ketones is 1. The van der Waals surface area contributed by atoms with E-state index in [0.717, 1.165) is 36.0 Å². The smallest absolute Gasteiger partial charge is 0.164 e. The summed E-state index contributed by atoms with van der Waals surface area (Å²) in [5, 5.41) is 15.4. The number of Topliss-reactive ketones (excluding diaryl/α,β-unsaturated/α-hetero) is 1. The molecule has 0 amide bonds. The molecule has 0 saturated heterocycles. The van der Waals surface area contributed by atoms with Crippen molar-refractivity contribution in [3.8, 4) is 0 Å². The summed E-state index contributed by atoms with van der Waals surface area (Å²) in [6.07, 6.45) is 2.71. The van der Waals surface area contributed by atoms with Crippen LogP contribution >= 0.6 is 11.6 Å². The summed E-state index contributed by atoms with van der Waals surface area (Å²) in [6, 6.07) is 5.54. The molecule has 1 atom stereocenters. The minimum Gasteiger partial charge on any atom is -0.512 e. The summed E-state index contributed by atoms with van der Waals surface area (Å²) >= 11 is 6.12. The van der Waals surface area contributed by atoms with E-state index < -0.39 is 0 Å². The molecule has 1 aliphatic carbocycles. The quantitative estimate of drug-likeness (QED) is 0.753. The fourth-order valence-electron chi connectivity index (χ4n) is 3.62. The lowest BCUT2D eigenvalue weighted by Crippen LogP contribution is -2.34. The van der Waals surface area contributed by atoms with Crippen molar-refractivity contribution < 1.29 is 9.90 Å². The van der Waals surface area contributed by atoms with Crippen molar-refractivity contribution in [2.75, 3.05) is 6.54 Å². The molecule has 4 nitrogen and oxygen atoms in total. The number of fused-ring (bicyclic) bond motifs is 3. The van der Waals surface area contributed by atoms with E-state index in [1.807, 2.05) is 18.2 Å². The van der Waals surface area contributed by atoms with Gasteiger partial charge in [0.25, 0.3) is 0 Å². The highest BCUT2D eigenvalue weighted by Gasteiger charge is 2.33. The second-order valence-electron chi connectivity index (χ2n) is 5.98. The minimum atomic E-state index is -0.247. The first-order valence-corrected chi connectivity index (χ1v) is 8.01. The Kier molecular flexibility index (Phi) is 3.24. The van der Waals surface area contributed by atoms with Crippen LogP contribution < -0.4 is 5.32 Å². The Balaban J connectivity index is 1.89. The van der Waals surface area contributed by atoms with Gasteiger partial charge >= 0.3 is 0 Å². The number of carbonyl (C=O) groups excluding carboxylic acids is 1. The molecule has 1 aromatic heterocycles. The number of benzene rings is 1. The van der Waals surface area contributed by atoms with E-state index in [-0.39, 0.29) is 17.6 Å². The van der Waals surface area contributed by atoms with Gasteiger partial charge < -0.3 is 15.4 Å². The van der Waals surface area contributed by atoms with Gasteiger partial charge in [-0.1, -0.05) is 11.6 Å². The minimum absolute atomic E-state index is 0.0470. The van der Waals surface area contributed by atoms with Crippen LogP contribution in [0, 0.1) is 0 Å². The Morgan fingerprint density at radius 2 is 2.09 bits per heavy atom. The molecule has 0 bridgehead atoms. The van der Waals surface area contributed by atoms with Gasteiger partial charge in [0.2, 0.25) is 0 Å². The van der Waals surface area contributed by atoms with Crippen LogP contribution in [0.5, 0.6) is 0 Å². The average Bonchev–Trinajstić information content (AvgIpc) is 2.86. The predicted molar refractivity (Wildman–Crippen MR) is 86.3 cm³/mol. The maximum absolute atomic E-state index is 12.3. The van der Waals surface area contributed by atoms with Crippen LogP contribution in [0.3, 0.4) is 0 Å². The van der Waals surface area contributed by atoms with Gasteiger partial charge in [0.1, 0.15) is 5.76 Å². The molecule has 1 aromatic carbocycles. The lowest BCUT2D eigenvalue weighted by molar-refractivity contribution is -0.116. The van der Waals surface area contributed by atoms with Crippen molar-refractivity contribution in [3.05, 3.63) is 45.8 Å². The van der Waals surface area contributed by atoms with Gasteiger partial charge in [-0.2, -0.15) is 0 Å². The zero-order valence-electron chi connectivity index (χ0n) is 12.1. The first-order valence-electron chi connectivity index (χ1n) is 7.63. The summed E-state index contributed by atoms with van der Waals surface area (Å²) in [5.74, 6) is 0.282. The number of aliphatic hydroxyl groups is 1. The molecule has 4 rings (SSSR count). The van der Waals surface area contributed by atoms with Crippen LogP contribution in [-0.4, -0.2) is 22.4 Å². The number of rotatable bonds is 1. The number of allylic oxidation sites excluding steroid dienone is 1. The summed E-state index contributed by atoms with van der Waals surface area (Å²) < 4.78 is 0. The number of H-pyrrole nitrogens is 1. The first-order chi connectivity index (χ1) is 10.6. The standard InChI is InChI=1S/C17H17ClN2O2/c18-9-4-5-12-11(8-9)10-6-7-19-17(16(10)20-12)15-13(21)2-1-3-14(15)22/h4-5,8,17,19-21H,1-3,6-7H2. The Labute approximate surface area is 133 Å². The van der Waals surface area contributed by atoms with Gasteiger partial charge in [-0.25, -0.2) is 0 Å². The van der Waals surface area contributed by atoms with E-state index in [2.05, 4.69) is 10.3 Å². The first kappa shape index (κ1) is 13.9. The third kappa shape index (κ3) is 2.06. The van der Waals surface area contributed by atoms with E-state index in [1.165, 1.54) is 5.56 Å². The fraction of sp³-hybridized carbons (Fsp3) is 0.353. The summed E-state index contributed by atoms with van der Waals surface area (Å²) in [7, 11) is 0. The molecule has 0 fully saturated rings. The number of aromatic amines is 1. The molecule has 2 aromatic rings. The Bertz CT molecular complexity index is 806. The molecule has 0 radical (unpaired) electrons. The Morgan fingerprint density at radius 3 is 2.91 bits per heavy atom. The Morgan fingerprint density at radius 1 is 1.23 bits per heavy atom. The largest absolute Gasteiger partial charge is 0.512 e. The van der Waals surface area contributed by atoms with Crippen molar-refractivity contribution >= 4 is 28.3 Å². The molecule has 2 aliphatic rings.